The van der Waals surface area contributed by atoms with Gasteiger partial charge in [-0.25, -0.2) is 0 Å². The summed E-state index contributed by atoms with van der Waals surface area (Å²) in [4.78, 5) is 10.9. The number of alkyl halides is 1. The van der Waals surface area contributed by atoms with Gasteiger partial charge in [0.05, 0.1) is 6.61 Å². The number of carbonyl (C=O) groups excluding carboxylic acids is 1. The topological polar surface area (TPSA) is 35.5 Å². The molecule has 0 radical (unpaired) electrons. The molecule has 0 N–H and O–H groups in total. The molecule has 0 unspecified atom stereocenters. The van der Waals surface area contributed by atoms with Gasteiger partial charge < -0.3 is 9.47 Å². The maximum Gasteiger partial charge on any atom is 0.161 e. The minimum Gasteiger partial charge on any atom is -0.490 e. The van der Waals surface area contributed by atoms with Crippen LogP contribution in [-0.4, -0.2) is 18.8 Å². The molecule has 3 nitrogen and oxygen atoms in total. The molecule has 2 aromatic carbocycles. The summed E-state index contributed by atoms with van der Waals surface area (Å²) >= 11 is 5.64. The van der Waals surface area contributed by atoms with Crippen LogP contribution in [0.2, 0.25) is 0 Å². The number of hydrogen-bond donors (Lipinski definition) is 0. The van der Waals surface area contributed by atoms with E-state index >= 15 is 0 Å². The van der Waals surface area contributed by atoms with Crippen LogP contribution in [0.3, 0.4) is 0 Å². The van der Waals surface area contributed by atoms with E-state index in [-0.39, 0.29) is 0 Å². The first-order valence-corrected chi connectivity index (χ1v) is 7.31. The molecule has 0 heterocycles. The molecule has 0 aliphatic carbocycles. The minimum absolute atomic E-state index is 0.452. The molecule has 0 saturated carbocycles. The second kappa shape index (κ2) is 8.32. The lowest BCUT2D eigenvalue weighted by atomic mass is 10.2. The molecule has 0 aliphatic heterocycles. The Morgan fingerprint density at radius 2 is 1.81 bits per heavy atom. The van der Waals surface area contributed by atoms with Crippen molar-refractivity contribution in [2.75, 3.05) is 12.5 Å². The van der Waals surface area contributed by atoms with Crippen LogP contribution in [0.5, 0.6) is 11.5 Å². The third kappa shape index (κ3) is 4.80. The highest BCUT2D eigenvalue weighted by Crippen LogP contribution is 2.29. The lowest BCUT2D eigenvalue weighted by molar-refractivity contribution is 0.112. The van der Waals surface area contributed by atoms with Gasteiger partial charge in [-0.1, -0.05) is 30.3 Å². The smallest absolute Gasteiger partial charge is 0.161 e. The molecule has 0 spiro atoms. The quantitative estimate of drug-likeness (QED) is 0.419. The number of ether oxygens (including phenoxy) is 2. The van der Waals surface area contributed by atoms with Gasteiger partial charge >= 0.3 is 0 Å². The number of carbonyl (C=O) groups is 1. The summed E-state index contributed by atoms with van der Waals surface area (Å²) in [6.45, 7) is 0.945. The molecule has 2 rings (SSSR count). The molecular weight excluding hydrogens is 288 g/mol. The summed E-state index contributed by atoms with van der Waals surface area (Å²) in [5, 5.41) is 0. The first kappa shape index (κ1) is 15.4. The highest BCUT2D eigenvalue weighted by atomic mass is 35.5. The molecule has 0 aromatic heterocycles. The second-order valence-electron chi connectivity index (χ2n) is 4.49. The lowest BCUT2D eigenvalue weighted by Gasteiger charge is -2.13. The predicted molar refractivity (Wildman–Crippen MR) is 83.4 cm³/mol. The van der Waals surface area contributed by atoms with Crippen molar-refractivity contribution in [1.82, 2.24) is 0 Å². The van der Waals surface area contributed by atoms with Gasteiger partial charge in [0, 0.05) is 11.4 Å². The van der Waals surface area contributed by atoms with Crippen LogP contribution >= 0.6 is 11.6 Å². The van der Waals surface area contributed by atoms with Gasteiger partial charge in [-0.05, 0) is 30.2 Å². The molecule has 110 valence electrons. The van der Waals surface area contributed by atoms with Crippen LogP contribution < -0.4 is 9.47 Å². The number of halogens is 1. The molecule has 0 aliphatic rings. The van der Waals surface area contributed by atoms with Gasteiger partial charge in [0.15, 0.2) is 11.5 Å². The number of benzene rings is 2. The third-order valence-electron chi connectivity index (χ3n) is 2.88. The van der Waals surface area contributed by atoms with Crippen LogP contribution in [-0.2, 0) is 6.61 Å². The summed E-state index contributed by atoms with van der Waals surface area (Å²) in [6.07, 6.45) is 1.53. The van der Waals surface area contributed by atoms with Crippen molar-refractivity contribution in [3.63, 3.8) is 0 Å². The molecule has 2 aromatic rings. The third-order valence-corrected chi connectivity index (χ3v) is 3.14. The fraction of sp³-hybridized carbons (Fsp3) is 0.235. The van der Waals surface area contributed by atoms with E-state index in [0.717, 1.165) is 18.3 Å². The Hall–Kier alpha value is -2.00. The monoisotopic (exact) mass is 304 g/mol. The summed E-state index contributed by atoms with van der Waals surface area (Å²) in [7, 11) is 0. The number of rotatable bonds is 8. The normalized spacial score (nSPS) is 10.1. The van der Waals surface area contributed by atoms with E-state index in [9.17, 15) is 4.79 Å². The Bertz CT molecular complexity index is 570. The van der Waals surface area contributed by atoms with Crippen LogP contribution in [0.4, 0.5) is 0 Å². The number of hydrogen-bond acceptors (Lipinski definition) is 3. The minimum atomic E-state index is 0.452. The first-order valence-electron chi connectivity index (χ1n) is 6.78. The molecular formula is C17H17ClO3. The Morgan fingerprint density at radius 3 is 2.52 bits per heavy atom. The van der Waals surface area contributed by atoms with E-state index in [2.05, 4.69) is 0 Å². The largest absolute Gasteiger partial charge is 0.490 e. The Labute approximate surface area is 129 Å². The molecule has 0 amide bonds. The van der Waals surface area contributed by atoms with E-state index in [1.807, 2.05) is 30.3 Å². The molecule has 0 fully saturated rings. The average Bonchev–Trinajstić information content (AvgIpc) is 2.54. The Kier molecular flexibility index (Phi) is 6.10. The maximum atomic E-state index is 10.9. The van der Waals surface area contributed by atoms with Crippen molar-refractivity contribution in [1.29, 1.82) is 0 Å². The van der Waals surface area contributed by atoms with Gasteiger partial charge in [-0.3, -0.25) is 4.79 Å². The molecule has 0 saturated heterocycles. The van der Waals surface area contributed by atoms with Crippen molar-refractivity contribution in [3.8, 4) is 11.5 Å². The van der Waals surface area contributed by atoms with Crippen LogP contribution in [0.25, 0.3) is 0 Å². The van der Waals surface area contributed by atoms with E-state index in [4.69, 9.17) is 21.1 Å². The lowest BCUT2D eigenvalue weighted by Crippen LogP contribution is -2.02. The van der Waals surface area contributed by atoms with Crippen molar-refractivity contribution in [2.24, 2.45) is 0 Å². The van der Waals surface area contributed by atoms with E-state index in [0.29, 0.717) is 36.2 Å². The van der Waals surface area contributed by atoms with Crippen molar-refractivity contribution < 1.29 is 14.3 Å². The van der Waals surface area contributed by atoms with Gasteiger partial charge in [0.1, 0.15) is 12.9 Å². The zero-order chi connectivity index (χ0) is 14.9. The van der Waals surface area contributed by atoms with Crippen LogP contribution in [0, 0.1) is 0 Å². The first-order chi connectivity index (χ1) is 10.3. The van der Waals surface area contributed by atoms with E-state index < -0.39 is 0 Å². The van der Waals surface area contributed by atoms with Gasteiger partial charge in [0.25, 0.3) is 0 Å². The molecule has 21 heavy (non-hydrogen) atoms. The van der Waals surface area contributed by atoms with Gasteiger partial charge in [-0.2, -0.15) is 0 Å². The van der Waals surface area contributed by atoms with Crippen molar-refractivity contribution in [2.45, 2.75) is 13.0 Å². The highest BCUT2D eigenvalue weighted by Gasteiger charge is 2.07. The highest BCUT2D eigenvalue weighted by molar-refractivity contribution is 6.17. The Balaban J connectivity index is 2.07. The zero-order valence-electron chi connectivity index (χ0n) is 11.6. The standard InChI is InChI=1S/C17H17ClO3/c18-9-4-10-20-17-11-15(12-19)7-8-16(17)21-13-14-5-2-1-3-6-14/h1-3,5-8,11-12H,4,9-10,13H2. The molecule has 0 bridgehead atoms. The van der Waals surface area contributed by atoms with Crippen molar-refractivity contribution >= 4 is 17.9 Å². The summed E-state index contributed by atoms with van der Waals surface area (Å²) in [5.74, 6) is 1.73. The van der Waals surface area contributed by atoms with Crippen LogP contribution in [0.1, 0.15) is 22.3 Å². The van der Waals surface area contributed by atoms with Gasteiger partial charge in [0.2, 0.25) is 0 Å². The second-order valence-corrected chi connectivity index (χ2v) is 4.87. The maximum absolute atomic E-state index is 10.9. The fourth-order valence-electron chi connectivity index (χ4n) is 1.80. The predicted octanol–water partition coefficient (Wildman–Crippen LogP) is 4.09. The molecule has 4 heteroatoms. The summed E-state index contributed by atoms with van der Waals surface area (Å²) in [5.41, 5.74) is 1.63. The van der Waals surface area contributed by atoms with E-state index in [1.54, 1.807) is 18.2 Å². The zero-order valence-corrected chi connectivity index (χ0v) is 12.4. The number of aldehydes is 1. The fourth-order valence-corrected chi connectivity index (χ4v) is 1.91. The molecule has 0 atom stereocenters. The van der Waals surface area contributed by atoms with Gasteiger partial charge in [-0.15, -0.1) is 11.6 Å². The summed E-state index contributed by atoms with van der Waals surface area (Å²) in [6, 6.07) is 15.0. The SMILES string of the molecule is O=Cc1ccc(OCc2ccccc2)c(OCCCCl)c1. The Morgan fingerprint density at radius 1 is 1.00 bits per heavy atom. The summed E-state index contributed by atoms with van der Waals surface area (Å²) < 4.78 is 11.4. The van der Waals surface area contributed by atoms with Crippen LogP contribution in [0.15, 0.2) is 48.5 Å². The van der Waals surface area contributed by atoms with E-state index in [1.165, 1.54) is 0 Å². The van der Waals surface area contributed by atoms with Crippen molar-refractivity contribution in [3.05, 3.63) is 59.7 Å². The average molecular weight is 305 g/mol.